The van der Waals surface area contributed by atoms with Crippen LogP contribution < -0.4 is 4.74 Å². The summed E-state index contributed by atoms with van der Waals surface area (Å²) in [6.45, 7) is 4.59. The van der Waals surface area contributed by atoms with Gasteiger partial charge in [-0.05, 0) is 26.8 Å². The molecule has 0 saturated heterocycles. The van der Waals surface area contributed by atoms with Crippen molar-refractivity contribution in [1.82, 2.24) is 9.78 Å². The Hall–Kier alpha value is -2.59. The highest BCUT2D eigenvalue weighted by molar-refractivity contribution is 6.32. The van der Waals surface area contributed by atoms with E-state index in [1.807, 2.05) is 0 Å². The zero-order chi connectivity index (χ0) is 17.3. The molecule has 0 saturated carbocycles. The van der Waals surface area contributed by atoms with Crippen molar-refractivity contribution < 1.29 is 14.1 Å². The molecule has 0 aliphatic rings. The molecule has 0 radical (unpaired) electrons. The van der Waals surface area contributed by atoms with Crippen molar-refractivity contribution in [3.05, 3.63) is 44.5 Å². The van der Waals surface area contributed by atoms with Gasteiger partial charge in [-0.15, -0.1) is 6.42 Å². The molecule has 1 heterocycles. The van der Waals surface area contributed by atoms with Crippen molar-refractivity contribution >= 4 is 17.3 Å². The second-order valence-corrected chi connectivity index (χ2v) is 5.26. The maximum atomic E-state index is 14.2. The predicted molar refractivity (Wildman–Crippen MR) is 83.6 cm³/mol. The van der Waals surface area contributed by atoms with E-state index in [2.05, 4.69) is 11.0 Å². The minimum atomic E-state index is -0.684. The third kappa shape index (κ3) is 3.12. The first-order valence-corrected chi connectivity index (χ1v) is 6.96. The Morgan fingerprint density at radius 3 is 2.70 bits per heavy atom. The molecule has 1 aromatic carbocycles. The summed E-state index contributed by atoms with van der Waals surface area (Å²) in [5.41, 5.74) is 0.201. The minimum absolute atomic E-state index is 0.0117. The van der Waals surface area contributed by atoms with Crippen molar-refractivity contribution in [2.75, 3.05) is 0 Å². The number of halogens is 2. The van der Waals surface area contributed by atoms with Crippen molar-refractivity contribution in [3.63, 3.8) is 0 Å². The highest BCUT2D eigenvalue weighted by Crippen LogP contribution is 2.32. The minimum Gasteiger partial charge on any atom is -0.476 e. The molecule has 8 heteroatoms. The topological polar surface area (TPSA) is 70.2 Å². The van der Waals surface area contributed by atoms with Crippen LogP contribution in [0.25, 0.3) is 5.69 Å². The van der Waals surface area contributed by atoms with Gasteiger partial charge in [0.1, 0.15) is 22.8 Å². The molecule has 0 aliphatic carbocycles. The Bertz CT molecular complexity index is 826. The molecular formula is C15H13ClFN3O3. The lowest BCUT2D eigenvalue weighted by Crippen LogP contribution is -2.10. The van der Waals surface area contributed by atoms with E-state index in [9.17, 15) is 14.5 Å². The van der Waals surface area contributed by atoms with Gasteiger partial charge in [0.2, 0.25) is 0 Å². The van der Waals surface area contributed by atoms with Gasteiger partial charge in [0.25, 0.3) is 0 Å². The number of aromatic nitrogens is 2. The standard InChI is InChI=1S/C15H13ClFN3O3/c1-5-8(2)23-14-7-13(12(17)6-11(14)16)19-10(4)15(20(21)22)9(3)18-19/h1,6-8H,2-4H3. The van der Waals surface area contributed by atoms with Crippen LogP contribution in [0.2, 0.25) is 5.02 Å². The average Bonchev–Trinajstić information content (AvgIpc) is 2.76. The predicted octanol–water partition coefficient (Wildman–Crippen LogP) is 3.59. The van der Waals surface area contributed by atoms with Gasteiger partial charge in [0.15, 0.2) is 11.9 Å². The van der Waals surface area contributed by atoms with E-state index in [0.29, 0.717) is 0 Å². The average molecular weight is 338 g/mol. The van der Waals surface area contributed by atoms with Gasteiger partial charge in [0, 0.05) is 6.07 Å². The maximum Gasteiger partial charge on any atom is 0.313 e. The largest absolute Gasteiger partial charge is 0.476 e. The van der Waals surface area contributed by atoms with Gasteiger partial charge in [-0.2, -0.15) is 5.10 Å². The summed E-state index contributed by atoms with van der Waals surface area (Å²) in [5, 5.41) is 15.1. The first-order chi connectivity index (χ1) is 10.8. The number of nitrogens with zero attached hydrogens (tertiary/aromatic N) is 3. The van der Waals surface area contributed by atoms with Crippen LogP contribution in [0.15, 0.2) is 12.1 Å². The lowest BCUT2D eigenvalue weighted by Gasteiger charge is -2.13. The van der Waals surface area contributed by atoms with Gasteiger partial charge in [-0.25, -0.2) is 9.07 Å². The van der Waals surface area contributed by atoms with Crippen LogP contribution in [0.1, 0.15) is 18.3 Å². The van der Waals surface area contributed by atoms with Crippen LogP contribution in [-0.2, 0) is 0 Å². The van der Waals surface area contributed by atoms with Gasteiger partial charge in [-0.1, -0.05) is 17.5 Å². The van der Waals surface area contributed by atoms with Crippen molar-refractivity contribution in [2.24, 2.45) is 0 Å². The first-order valence-electron chi connectivity index (χ1n) is 6.59. The van der Waals surface area contributed by atoms with Gasteiger partial charge in [-0.3, -0.25) is 10.1 Å². The molecule has 0 amide bonds. The highest BCUT2D eigenvalue weighted by atomic mass is 35.5. The molecule has 0 spiro atoms. The molecule has 2 aromatic rings. The summed E-state index contributed by atoms with van der Waals surface area (Å²) in [6.07, 6.45) is 4.68. The van der Waals surface area contributed by atoms with Gasteiger partial charge >= 0.3 is 5.69 Å². The van der Waals surface area contributed by atoms with Crippen LogP contribution in [0, 0.1) is 42.1 Å². The number of aryl methyl sites for hydroxylation is 1. The maximum absolute atomic E-state index is 14.2. The third-order valence-corrected chi connectivity index (χ3v) is 3.50. The number of rotatable bonds is 4. The summed E-state index contributed by atoms with van der Waals surface area (Å²) >= 11 is 5.95. The molecule has 120 valence electrons. The molecular weight excluding hydrogens is 325 g/mol. The monoisotopic (exact) mass is 337 g/mol. The highest BCUT2D eigenvalue weighted by Gasteiger charge is 2.24. The van der Waals surface area contributed by atoms with E-state index in [1.54, 1.807) is 6.92 Å². The Morgan fingerprint density at radius 2 is 2.17 bits per heavy atom. The Labute approximate surface area is 137 Å². The van der Waals surface area contributed by atoms with Crippen LogP contribution >= 0.6 is 11.6 Å². The fourth-order valence-corrected chi connectivity index (χ4v) is 2.32. The quantitative estimate of drug-likeness (QED) is 0.485. The molecule has 0 aliphatic heterocycles. The number of hydrogen-bond donors (Lipinski definition) is 0. The Kier molecular flexibility index (Phi) is 4.57. The molecule has 1 unspecified atom stereocenters. The fraction of sp³-hybridized carbons (Fsp3) is 0.267. The summed E-state index contributed by atoms with van der Waals surface area (Å²) in [6, 6.07) is 2.37. The second-order valence-electron chi connectivity index (χ2n) is 4.85. The first kappa shape index (κ1) is 16.8. The number of benzene rings is 1. The smallest absolute Gasteiger partial charge is 0.313 e. The number of hydrogen-bond acceptors (Lipinski definition) is 4. The van der Waals surface area contributed by atoms with Crippen LogP contribution in [-0.4, -0.2) is 20.8 Å². The number of nitro groups is 1. The molecule has 6 nitrogen and oxygen atoms in total. The number of ether oxygens (including phenoxy) is 1. The van der Waals surface area contributed by atoms with Crippen LogP contribution in [0.5, 0.6) is 5.75 Å². The van der Waals surface area contributed by atoms with E-state index in [4.69, 9.17) is 22.8 Å². The van der Waals surface area contributed by atoms with Crippen LogP contribution in [0.4, 0.5) is 10.1 Å². The van der Waals surface area contributed by atoms with E-state index < -0.39 is 16.8 Å². The molecule has 0 N–H and O–H groups in total. The normalized spacial score (nSPS) is 11.8. The molecule has 1 atom stereocenters. The zero-order valence-corrected chi connectivity index (χ0v) is 13.4. The molecule has 1 aromatic heterocycles. The van der Waals surface area contributed by atoms with Crippen molar-refractivity contribution in [2.45, 2.75) is 26.9 Å². The molecule has 0 bridgehead atoms. The van der Waals surface area contributed by atoms with Crippen molar-refractivity contribution in [3.8, 4) is 23.8 Å². The Balaban J connectivity index is 2.61. The van der Waals surface area contributed by atoms with Crippen LogP contribution in [0.3, 0.4) is 0 Å². The lowest BCUT2D eigenvalue weighted by molar-refractivity contribution is -0.386. The summed E-state index contributed by atoms with van der Waals surface area (Å²) in [7, 11) is 0. The van der Waals surface area contributed by atoms with E-state index in [1.165, 1.54) is 19.9 Å². The molecule has 0 fully saturated rings. The summed E-state index contributed by atoms with van der Waals surface area (Å²) in [5.74, 6) is 1.85. The van der Waals surface area contributed by atoms with Gasteiger partial charge < -0.3 is 4.74 Å². The van der Waals surface area contributed by atoms with Crippen molar-refractivity contribution in [1.29, 1.82) is 0 Å². The molecule has 2 rings (SSSR count). The fourth-order valence-electron chi connectivity index (χ4n) is 2.13. The Morgan fingerprint density at radius 1 is 1.52 bits per heavy atom. The van der Waals surface area contributed by atoms with E-state index in [0.717, 1.165) is 10.7 Å². The molecule has 23 heavy (non-hydrogen) atoms. The number of terminal acetylenes is 1. The zero-order valence-electron chi connectivity index (χ0n) is 12.6. The van der Waals surface area contributed by atoms with E-state index >= 15 is 0 Å². The lowest BCUT2D eigenvalue weighted by atomic mass is 10.2. The van der Waals surface area contributed by atoms with Gasteiger partial charge in [0.05, 0.1) is 9.95 Å². The second kappa shape index (κ2) is 6.26. The van der Waals surface area contributed by atoms with E-state index in [-0.39, 0.29) is 33.5 Å². The summed E-state index contributed by atoms with van der Waals surface area (Å²) in [4.78, 5) is 10.5. The summed E-state index contributed by atoms with van der Waals surface area (Å²) < 4.78 is 20.8. The third-order valence-electron chi connectivity index (χ3n) is 3.20. The SMILES string of the molecule is C#CC(C)Oc1cc(-n2nc(C)c([N+](=O)[O-])c2C)c(F)cc1Cl.